The molecule has 1 heterocycles. The Morgan fingerprint density at radius 2 is 1.78 bits per heavy atom. The van der Waals surface area contributed by atoms with Gasteiger partial charge in [0, 0.05) is 22.2 Å². The number of aromatic carboxylic acids is 1. The highest BCUT2D eigenvalue weighted by molar-refractivity contribution is 9.10. The van der Waals surface area contributed by atoms with E-state index >= 15 is 0 Å². The lowest BCUT2D eigenvalue weighted by Crippen LogP contribution is -2.14. The number of hydrogen-bond donors (Lipinski definition) is 2. The molecular formula is C18H11BrN2O6. The van der Waals surface area contributed by atoms with Gasteiger partial charge in [0.15, 0.2) is 5.76 Å². The van der Waals surface area contributed by atoms with Crippen LogP contribution >= 0.6 is 15.9 Å². The average Bonchev–Trinajstić information content (AvgIpc) is 3.13. The van der Waals surface area contributed by atoms with Gasteiger partial charge in [-0.25, -0.2) is 4.79 Å². The van der Waals surface area contributed by atoms with E-state index in [4.69, 9.17) is 4.42 Å². The first kappa shape index (κ1) is 18.3. The lowest BCUT2D eigenvalue weighted by molar-refractivity contribution is -0.384. The third-order valence-corrected chi connectivity index (χ3v) is 4.15. The first-order valence-electron chi connectivity index (χ1n) is 7.54. The van der Waals surface area contributed by atoms with E-state index in [2.05, 4.69) is 21.2 Å². The van der Waals surface area contributed by atoms with Gasteiger partial charge >= 0.3 is 5.97 Å². The first-order valence-corrected chi connectivity index (χ1v) is 8.33. The maximum absolute atomic E-state index is 12.4. The fourth-order valence-corrected chi connectivity index (χ4v) is 2.71. The van der Waals surface area contributed by atoms with Gasteiger partial charge in [-0.3, -0.25) is 14.9 Å². The third kappa shape index (κ3) is 4.04. The van der Waals surface area contributed by atoms with Crippen molar-refractivity contribution in [2.75, 3.05) is 5.32 Å². The summed E-state index contributed by atoms with van der Waals surface area (Å²) in [7, 11) is 0. The van der Waals surface area contributed by atoms with Crippen molar-refractivity contribution in [1.29, 1.82) is 0 Å². The van der Waals surface area contributed by atoms with E-state index in [0.717, 1.165) is 0 Å². The number of halogens is 1. The molecular weight excluding hydrogens is 420 g/mol. The van der Waals surface area contributed by atoms with E-state index < -0.39 is 16.8 Å². The van der Waals surface area contributed by atoms with Gasteiger partial charge in [0.05, 0.1) is 16.2 Å². The van der Waals surface area contributed by atoms with Crippen LogP contribution in [0.2, 0.25) is 0 Å². The number of carbonyl (C=O) groups excluding carboxylic acids is 1. The normalized spacial score (nSPS) is 10.4. The summed E-state index contributed by atoms with van der Waals surface area (Å²) in [5.74, 6) is -1.47. The number of benzene rings is 2. The summed E-state index contributed by atoms with van der Waals surface area (Å²) in [4.78, 5) is 33.9. The molecule has 0 radical (unpaired) electrons. The number of carboxylic acids is 1. The molecule has 27 heavy (non-hydrogen) atoms. The molecule has 8 nitrogen and oxygen atoms in total. The maximum atomic E-state index is 12.4. The number of rotatable bonds is 5. The van der Waals surface area contributed by atoms with E-state index in [0.29, 0.717) is 15.8 Å². The lowest BCUT2D eigenvalue weighted by Gasteiger charge is -2.07. The zero-order valence-corrected chi connectivity index (χ0v) is 15.1. The predicted octanol–water partition coefficient (Wildman–Crippen LogP) is 4.57. The molecule has 0 aliphatic rings. The van der Waals surface area contributed by atoms with E-state index in [1.54, 1.807) is 12.1 Å². The van der Waals surface area contributed by atoms with Gasteiger partial charge in [0.2, 0.25) is 0 Å². The maximum Gasteiger partial charge on any atom is 0.337 e. The van der Waals surface area contributed by atoms with Crippen LogP contribution < -0.4 is 5.32 Å². The molecule has 9 heteroatoms. The summed E-state index contributed by atoms with van der Waals surface area (Å²) in [5.41, 5.74) is 0.568. The van der Waals surface area contributed by atoms with Crippen LogP contribution in [0.1, 0.15) is 20.9 Å². The average molecular weight is 431 g/mol. The molecule has 0 fully saturated rings. The van der Waals surface area contributed by atoms with Crippen molar-refractivity contribution in [3.05, 3.63) is 80.5 Å². The van der Waals surface area contributed by atoms with Crippen molar-refractivity contribution in [2.45, 2.75) is 0 Å². The summed E-state index contributed by atoms with van der Waals surface area (Å²) < 4.78 is 6.06. The molecule has 0 aliphatic heterocycles. The summed E-state index contributed by atoms with van der Waals surface area (Å²) in [5, 5.41) is 22.4. The molecule has 0 atom stereocenters. The van der Waals surface area contributed by atoms with Crippen molar-refractivity contribution in [3.8, 4) is 11.3 Å². The van der Waals surface area contributed by atoms with Crippen LogP contribution in [0.25, 0.3) is 11.3 Å². The van der Waals surface area contributed by atoms with Gasteiger partial charge in [-0.15, -0.1) is 0 Å². The number of nitro benzene ring substituents is 1. The van der Waals surface area contributed by atoms with Crippen molar-refractivity contribution >= 4 is 39.2 Å². The van der Waals surface area contributed by atoms with Gasteiger partial charge in [-0.05, 0) is 42.5 Å². The molecule has 0 saturated carbocycles. The quantitative estimate of drug-likeness (QED) is 0.451. The van der Waals surface area contributed by atoms with Crippen LogP contribution in [0.15, 0.2) is 63.5 Å². The molecule has 2 N–H and O–H groups in total. The molecule has 0 saturated heterocycles. The van der Waals surface area contributed by atoms with E-state index in [1.165, 1.54) is 42.5 Å². The van der Waals surface area contributed by atoms with Crippen LogP contribution in [0.5, 0.6) is 0 Å². The minimum Gasteiger partial charge on any atom is -0.478 e. The Bertz CT molecular complexity index is 1040. The number of non-ortho nitro benzene ring substituents is 1. The highest BCUT2D eigenvalue weighted by atomic mass is 79.9. The number of nitrogens with zero attached hydrogens (tertiary/aromatic N) is 1. The Balaban J connectivity index is 1.81. The Kier molecular flexibility index (Phi) is 5.04. The van der Waals surface area contributed by atoms with Crippen molar-refractivity contribution in [3.63, 3.8) is 0 Å². The Labute approximate surface area is 160 Å². The molecule has 0 aliphatic carbocycles. The molecule has 0 bridgehead atoms. The van der Waals surface area contributed by atoms with Gasteiger partial charge in [0.1, 0.15) is 5.76 Å². The number of furan rings is 1. The zero-order chi connectivity index (χ0) is 19.6. The number of anilines is 1. The van der Waals surface area contributed by atoms with Crippen molar-refractivity contribution in [2.24, 2.45) is 0 Å². The highest BCUT2D eigenvalue weighted by Crippen LogP contribution is 2.26. The Morgan fingerprint density at radius 1 is 1.07 bits per heavy atom. The molecule has 3 aromatic rings. The Morgan fingerprint density at radius 3 is 2.41 bits per heavy atom. The number of nitro groups is 1. The van der Waals surface area contributed by atoms with Gasteiger partial charge in [-0.2, -0.15) is 0 Å². The van der Waals surface area contributed by atoms with E-state index in [-0.39, 0.29) is 22.7 Å². The fourth-order valence-electron chi connectivity index (χ4n) is 2.35. The number of carboxylic acid groups (broad SMARTS) is 1. The number of amides is 1. The third-order valence-electron chi connectivity index (χ3n) is 3.65. The Hall–Kier alpha value is -3.46. The van der Waals surface area contributed by atoms with Gasteiger partial charge in [0.25, 0.3) is 11.6 Å². The molecule has 2 aromatic carbocycles. The smallest absolute Gasteiger partial charge is 0.337 e. The number of carbonyl (C=O) groups is 2. The second-order valence-electron chi connectivity index (χ2n) is 5.42. The molecule has 136 valence electrons. The first-order chi connectivity index (χ1) is 12.8. The topological polar surface area (TPSA) is 123 Å². The minimum atomic E-state index is -1.18. The molecule has 3 rings (SSSR count). The summed E-state index contributed by atoms with van der Waals surface area (Å²) in [6.07, 6.45) is 0. The second kappa shape index (κ2) is 7.42. The van der Waals surface area contributed by atoms with Crippen molar-refractivity contribution < 1.29 is 24.0 Å². The number of hydrogen-bond acceptors (Lipinski definition) is 5. The van der Waals surface area contributed by atoms with Crippen LogP contribution in [0, 0.1) is 10.1 Å². The van der Waals surface area contributed by atoms with E-state index in [9.17, 15) is 24.8 Å². The highest BCUT2D eigenvalue weighted by Gasteiger charge is 2.17. The van der Waals surface area contributed by atoms with E-state index in [1.807, 2.05) is 0 Å². The van der Waals surface area contributed by atoms with Crippen LogP contribution in [0.3, 0.4) is 0 Å². The standard InChI is InChI=1S/C18H11BrN2O6/c19-11-3-6-14(13(9-11)18(23)24)20-17(22)16-8-7-15(27-16)10-1-4-12(5-2-10)21(25)26/h1-9H,(H,20,22)(H,23,24). The zero-order valence-electron chi connectivity index (χ0n) is 13.5. The second-order valence-corrected chi connectivity index (χ2v) is 6.33. The predicted molar refractivity (Wildman–Crippen MR) is 99.9 cm³/mol. The van der Waals surface area contributed by atoms with Crippen LogP contribution in [-0.4, -0.2) is 21.9 Å². The SMILES string of the molecule is O=C(Nc1ccc(Br)cc1C(=O)O)c1ccc(-c2ccc([N+](=O)[O-])cc2)o1. The summed E-state index contributed by atoms with van der Waals surface area (Å²) in [6.45, 7) is 0. The molecule has 0 spiro atoms. The minimum absolute atomic E-state index is 0.0254. The fraction of sp³-hybridized carbons (Fsp3) is 0. The molecule has 0 unspecified atom stereocenters. The van der Waals surface area contributed by atoms with Crippen LogP contribution in [0.4, 0.5) is 11.4 Å². The monoisotopic (exact) mass is 430 g/mol. The lowest BCUT2D eigenvalue weighted by atomic mass is 10.1. The number of nitrogens with one attached hydrogen (secondary N) is 1. The summed E-state index contributed by atoms with van der Waals surface area (Å²) >= 11 is 3.18. The van der Waals surface area contributed by atoms with Crippen molar-refractivity contribution in [1.82, 2.24) is 0 Å². The largest absolute Gasteiger partial charge is 0.478 e. The van der Waals surface area contributed by atoms with Gasteiger partial charge < -0.3 is 14.8 Å². The van der Waals surface area contributed by atoms with Gasteiger partial charge in [-0.1, -0.05) is 15.9 Å². The molecule has 1 amide bonds. The summed E-state index contributed by atoms with van der Waals surface area (Å²) in [6, 6.07) is 13.1. The van der Waals surface area contributed by atoms with Crippen LogP contribution in [-0.2, 0) is 0 Å². The molecule has 1 aromatic heterocycles.